The number of nitriles is 1. The average Bonchev–Trinajstić information content (AvgIpc) is 2.83. The molecule has 1 heterocycles. The van der Waals surface area contributed by atoms with Crippen molar-refractivity contribution in [1.82, 2.24) is 4.98 Å². The third-order valence-electron chi connectivity index (χ3n) is 4.86. The largest absolute Gasteiger partial charge is 0.497 e. The molecule has 4 aromatic rings. The molecule has 4 rings (SSSR count). The summed E-state index contributed by atoms with van der Waals surface area (Å²) < 4.78 is 5.28. The highest BCUT2D eigenvalue weighted by Crippen LogP contribution is 2.36. The molecule has 31 heavy (non-hydrogen) atoms. The molecule has 152 valence electrons. The molecule has 0 aliphatic heterocycles. The van der Waals surface area contributed by atoms with Crippen molar-refractivity contribution in [2.24, 2.45) is 0 Å². The number of aromatic nitrogens is 1. The van der Waals surface area contributed by atoms with Crippen molar-refractivity contribution in [2.75, 3.05) is 7.11 Å². The monoisotopic (exact) mass is 442 g/mol. The molecule has 0 spiro atoms. The van der Waals surface area contributed by atoms with Crippen molar-refractivity contribution in [3.63, 3.8) is 0 Å². The predicted octanol–water partition coefficient (Wildman–Crippen LogP) is 7.24. The van der Waals surface area contributed by atoms with Gasteiger partial charge in [0.25, 0.3) is 0 Å². The molecule has 5 heteroatoms. The number of methoxy groups -OCH3 is 1. The van der Waals surface area contributed by atoms with Gasteiger partial charge in [-0.15, -0.1) is 11.8 Å². The second-order valence-electron chi connectivity index (χ2n) is 6.86. The van der Waals surface area contributed by atoms with Crippen LogP contribution in [0.1, 0.15) is 11.1 Å². The van der Waals surface area contributed by atoms with Crippen LogP contribution in [-0.4, -0.2) is 12.1 Å². The number of ether oxygens (including phenoxy) is 1. The second-order valence-corrected chi connectivity index (χ2v) is 8.26. The van der Waals surface area contributed by atoms with Gasteiger partial charge < -0.3 is 4.74 Å². The van der Waals surface area contributed by atoms with E-state index in [1.165, 1.54) is 5.56 Å². The summed E-state index contributed by atoms with van der Waals surface area (Å²) in [7, 11) is 1.64. The van der Waals surface area contributed by atoms with E-state index < -0.39 is 0 Å². The van der Waals surface area contributed by atoms with Crippen LogP contribution >= 0.6 is 23.4 Å². The molecule has 0 radical (unpaired) electrons. The highest BCUT2D eigenvalue weighted by Gasteiger charge is 2.16. The minimum absolute atomic E-state index is 0.570. The van der Waals surface area contributed by atoms with Crippen LogP contribution in [0.4, 0.5) is 0 Å². The summed E-state index contributed by atoms with van der Waals surface area (Å²) in [6.45, 7) is 0. The lowest BCUT2D eigenvalue weighted by atomic mass is 9.99. The normalized spacial score (nSPS) is 10.5. The first-order valence-electron chi connectivity index (χ1n) is 9.70. The van der Waals surface area contributed by atoms with E-state index in [1.807, 2.05) is 72.8 Å². The maximum atomic E-state index is 10.00. The Hall–Kier alpha value is -3.26. The minimum Gasteiger partial charge on any atom is -0.497 e. The van der Waals surface area contributed by atoms with Gasteiger partial charge in [-0.2, -0.15) is 5.26 Å². The molecule has 0 amide bonds. The van der Waals surface area contributed by atoms with Crippen LogP contribution < -0.4 is 4.74 Å². The van der Waals surface area contributed by atoms with Crippen molar-refractivity contribution >= 4 is 23.4 Å². The van der Waals surface area contributed by atoms with Crippen molar-refractivity contribution in [1.29, 1.82) is 5.26 Å². The molecule has 0 atom stereocenters. The van der Waals surface area contributed by atoms with E-state index in [-0.39, 0.29) is 0 Å². The van der Waals surface area contributed by atoms with Gasteiger partial charge in [-0.25, -0.2) is 4.98 Å². The van der Waals surface area contributed by atoms with Crippen LogP contribution in [0.5, 0.6) is 5.75 Å². The minimum atomic E-state index is 0.570. The molecule has 0 aliphatic rings. The zero-order valence-corrected chi connectivity index (χ0v) is 18.5. The van der Waals surface area contributed by atoms with Gasteiger partial charge in [0.2, 0.25) is 0 Å². The van der Waals surface area contributed by atoms with Gasteiger partial charge in [0.1, 0.15) is 16.8 Å². The first-order chi connectivity index (χ1) is 15.2. The Labute approximate surface area is 191 Å². The SMILES string of the molecule is COc1ccc(-c2cc(-c3ccc(Cl)cc3)c(C#N)c(SCc3ccccc3)n2)cc1. The first-order valence-corrected chi connectivity index (χ1v) is 11.1. The van der Waals surface area contributed by atoms with Crippen molar-refractivity contribution < 1.29 is 4.74 Å². The van der Waals surface area contributed by atoms with E-state index in [0.29, 0.717) is 15.6 Å². The van der Waals surface area contributed by atoms with E-state index in [1.54, 1.807) is 18.9 Å². The van der Waals surface area contributed by atoms with Crippen LogP contribution in [0, 0.1) is 11.3 Å². The Bertz CT molecular complexity index is 1220. The van der Waals surface area contributed by atoms with Gasteiger partial charge in [-0.05, 0) is 53.6 Å². The predicted molar refractivity (Wildman–Crippen MR) is 127 cm³/mol. The standard InChI is InChI=1S/C26H19ClN2OS/c1-30-22-13-9-20(10-14-22)25-15-23(19-7-11-21(27)12-8-19)24(16-28)26(29-25)31-17-18-5-3-2-4-6-18/h2-15H,17H2,1H3. The lowest BCUT2D eigenvalue weighted by molar-refractivity contribution is 0.415. The van der Waals surface area contributed by atoms with Crippen LogP contribution in [0.15, 0.2) is 90.0 Å². The number of halogens is 1. The van der Waals surface area contributed by atoms with E-state index in [2.05, 4.69) is 18.2 Å². The third-order valence-corrected chi connectivity index (χ3v) is 6.16. The Morgan fingerprint density at radius 3 is 2.26 bits per heavy atom. The van der Waals surface area contributed by atoms with Crippen LogP contribution in [0.25, 0.3) is 22.4 Å². The Balaban J connectivity index is 1.81. The summed E-state index contributed by atoms with van der Waals surface area (Å²) in [6, 6.07) is 29.8. The molecular weight excluding hydrogens is 424 g/mol. The first kappa shape index (κ1) is 21.0. The number of hydrogen-bond acceptors (Lipinski definition) is 4. The lowest BCUT2D eigenvalue weighted by Gasteiger charge is -2.13. The summed E-state index contributed by atoms with van der Waals surface area (Å²) in [4.78, 5) is 4.86. The fraction of sp³-hybridized carbons (Fsp3) is 0.0769. The molecule has 3 nitrogen and oxygen atoms in total. The molecule has 0 bridgehead atoms. The molecule has 0 aliphatic carbocycles. The molecule has 0 N–H and O–H groups in total. The van der Waals surface area contributed by atoms with E-state index in [9.17, 15) is 5.26 Å². The molecule has 0 saturated carbocycles. The fourth-order valence-electron chi connectivity index (χ4n) is 3.23. The maximum Gasteiger partial charge on any atom is 0.118 e. The molecule has 1 aromatic heterocycles. The smallest absolute Gasteiger partial charge is 0.118 e. The van der Waals surface area contributed by atoms with Crippen LogP contribution in [-0.2, 0) is 5.75 Å². The number of rotatable bonds is 6. The summed E-state index contributed by atoms with van der Waals surface area (Å²) >= 11 is 7.65. The average molecular weight is 443 g/mol. The number of hydrogen-bond donors (Lipinski definition) is 0. The molecule has 3 aromatic carbocycles. The van der Waals surface area contributed by atoms with E-state index in [0.717, 1.165) is 33.9 Å². The lowest BCUT2D eigenvalue weighted by Crippen LogP contribution is -1.96. The summed E-state index contributed by atoms with van der Waals surface area (Å²) in [5, 5.41) is 11.4. The topological polar surface area (TPSA) is 45.9 Å². The van der Waals surface area contributed by atoms with E-state index >= 15 is 0 Å². The fourth-order valence-corrected chi connectivity index (χ4v) is 4.31. The summed E-state index contributed by atoms with van der Waals surface area (Å²) in [6.07, 6.45) is 0. The van der Waals surface area contributed by atoms with Gasteiger partial charge in [-0.3, -0.25) is 0 Å². The number of nitrogens with zero attached hydrogens (tertiary/aromatic N) is 2. The maximum absolute atomic E-state index is 10.00. The van der Waals surface area contributed by atoms with Gasteiger partial charge in [0, 0.05) is 21.9 Å². The molecule has 0 saturated heterocycles. The number of thioether (sulfide) groups is 1. The third kappa shape index (κ3) is 4.91. The zero-order chi connectivity index (χ0) is 21.6. The molecular formula is C26H19ClN2OS. The van der Waals surface area contributed by atoms with Crippen LogP contribution in [0.3, 0.4) is 0 Å². The van der Waals surface area contributed by atoms with Gasteiger partial charge >= 0.3 is 0 Å². The van der Waals surface area contributed by atoms with Crippen molar-refractivity contribution in [3.05, 3.63) is 101 Å². The quantitative estimate of drug-likeness (QED) is 0.295. The van der Waals surface area contributed by atoms with Crippen molar-refractivity contribution in [2.45, 2.75) is 10.8 Å². The molecule has 0 unspecified atom stereocenters. The second kappa shape index (κ2) is 9.70. The van der Waals surface area contributed by atoms with Gasteiger partial charge in [0.15, 0.2) is 0 Å². The van der Waals surface area contributed by atoms with Gasteiger partial charge in [0.05, 0.1) is 18.4 Å². The summed E-state index contributed by atoms with van der Waals surface area (Å²) in [5.41, 5.74) is 5.29. The number of pyridine rings is 1. The van der Waals surface area contributed by atoms with Crippen molar-refractivity contribution in [3.8, 4) is 34.2 Å². The number of benzene rings is 3. The van der Waals surface area contributed by atoms with Gasteiger partial charge in [-0.1, -0.05) is 54.1 Å². The van der Waals surface area contributed by atoms with Crippen LogP contribution in [0.2, 0.25) is 5.02 Å². The highest BCUT2D eigenvalue weighted by molar-refractivity contribution is 7.98. The Morgan fingerprint density at radius 1 is 0.935 bits per heavy atom. The molecule has 0 fully saturated rings. The Kier molecular flexibility index (Phi) is 6.57. The Morgan fingerprint density at radius 2 is 1.61 bits per heavy atom. The summed E-state index contributed by atoms with van der Waals surface area (Å²) in [5.74, 6) is 1.52. The zero-order valence-electron chi connectivity index (χ0n) is 16.9. The van der Waals surface area contributed by atoms with E-state index in [4.69, 9.17) is 21.3 Å². The highest BCUT2D eigenvalue weighted by atomic mass is 35.5.